The van der Waals surface area contributed by atoms with E-state index in [0.717, 1.165) is 10.5 Å². The molecule has 8 nitrogen and oxygen atoms in total. The fraction of sp³-hybridized carbons (Fsp3) is 0.103. The van der Waals surface area contributed by atoms with Gasteiger partial charge in [0, 0.05) is 12.1 Å². The van der Waals surface area contributed by atoms with Gasteiger partial charge in [-0.05, 0) is 29.3 Å². The number of imide groups is 1. The molecular formula is C29H21N3O5. The Labute approximate surface area is 212 Å². The van der Waals surface area contributed by atoms with Crippen LogP contribution in [0.25, 0.3) is 0 Å². The van der Waals surface area contributed by atoms with Gasteiger partial charge >= 0.3 is 0 Å². The molecule has 4 aromatic carbocycles. The number of hydrogen-bond donors (Lipinski definition) is 0. The molecule has 2 aliphatic heterocycles. The molecule has 8 heteroatoms. The van der Waals surface area contributed by atoms with Crippen LogP contribution in [0.4, 0.5) is 17.1 Å². The normalized spacial score (nSPS) is 22.8. The lowest BCUT2D eigenvalue weighted by molar-refractivity contribution is -0.384. The van der Waals surface area contributed by atoms with Crippen molar-refractivity contribution in [2.24, 2.45) is 0 Å². The zero-order chi connectivity index (χ0) is 25.6. The third-order valence-electron chi connectivity index (χ3n) is 6.98. The molecule has 6 rings (SSSR count). The minimum Gasteiger partial charge on any atom is -0.273 e. The van der Waals surface area contributed by atoms with Gasteiger partial charge in [0.2, 0.25) is 5.91 Å². The second-order valence-corrected chi connectivity index (χ2v) is 8.95. The summed E-state index contributed by atoms with van der Waals surface area (Å²) in [5.74, 6) is -1.07. The molecule has 4 aromatic rings. The Balaban J connectivity index is 1.60. The van der Waals surface area contributed by atoms with Crippen LogP contribution in [0, 0.1) is 10.1 Å². The summed E-state index contributed by atoms with van der Waals surface area (Å²) in [5.41, 5.74) is 0.591. The summed E-state index contributed by atoms with van der Waals surface area (Å²) < 4.78 is 0. The Bertz CT molecular complexity index is 1500. The highest BCUT2D eigenvalue weighted by atomic mass is 16.7. The smallest absolute Gasteiger partial charge is 0.271 e. The molecule has 0 N–H and O–H groups in total. The monoisotopic (exact) mass is 491 g/mol. The van der Waals surface area contributed by atoms with E-state index in [2.05, 4.69) is 0 Å². The molecule has 0 aromatic heterocycles. The molecule has 0 radical (unpaired) electrons. The predicted molar refractivity (Wildman–Crippen MR) is 137 cm³/mol. The molecule has 0 aliphatic carbocycles. The fourth-order valence-corrected chi connectivity index (χ4v) is 5.41. The molecule has 37 heavy (non-hydrogen) atoms. The second-order valence-electron chi connectivity index (χ2n) is 8.95. The summed E-state index contributed by atoms with van der Waals surface area (Å²) >= 11 is 0. The zero-order valence-electron chi connectivity index (χ0n) is 19.5. The number of fused-ring (bicyclic) bond motifs is 1. The number of carbonyl (C=O) groups excluding carboxylic acids is 2. The Kier molecular flexibility index (Phi) is 5.31. The maximum Gasteiger partial charge on any atom is 0.271 e. The number of non-ortho nitro benzene ring substituents is 1. The summed E-state index contributed by atoms with van der Waals surface area (Å²) in [6.45, 7) is 0. The lowest BCUT2D eigenvalue weighted by atomic mass is 9.69. The van der Waals surface area contributed by atoms with Crippen molar-refractivity contribution in [3.05, 3.63) is 137 Å². The van der Waals surface area contributed by atoms with Crippen molar-refractivity contribution in [3.8, 4) is 0 Å². The van der Waals surface area contributed by atoms with Gasteiger partial charge in [-0.2, -0.15) is 0 Å². The molecule has 3 atom stereocenters. The molecule has 0 unspecified atom stereocenters. The number of hydrogen-bond acceptors (Lipinski definition) is 6. The van der Waals surface area contributed by atoms with Crippen LogP contribution in [0.3, 0.4) is 0 Å². The van der Waals surface area contributed by atoms with Crippen LogP contribution in [0.15, 0.2) is 115 Å². The van der Waals surface area contributed by atoms with E-state index in [9.17, 15) is 19.7 Å². The van der Waals surface area contributed by atoms with E-state index in [-0.39, 0.29) is 11.4 Å². The molecule has 2 heterocycles. The Morgan fingerprint density at radius 2 is 1.35 bits per heavy atom. The third-order valence-corrected chi connectivity index (χ3v) is 6.98. The minimum absolute atomic E-state index is 0.135. The topological polar surface area (TPSA) is 93.0 Å². The van der Waals surface area contributed by atoms with E-state index in [1.807, 2.05) is 91.0 Å². The number of nitrogens with zero attached hydrogens (tertiary/aromatic N) is 3. The Hall–Kier alpha value is -4.82. The number of nitro benzene ring substituents is 1. The van der Waals surface area contributed by atoms with Crippen molar-refractivity contribution < 1.29 is 19.3 Å². The first-order valence-corrected chi connectivity index (χ1v) is 11.8. The molecule has 182 valence electrons. The Morgan fingerprint density at radius 1 is 0.757 bits per heavy atom. The van der Waals surface area contributed by atoms with Crippen LogP contribution >= 0.6 is 0 Å². The van der Waals surface area contributed by atoms with Crippen molar-refractivity contribution in [1.29, 1.82) is 0 Å². The molecule has 0 bridgehead atoms. The van der Waals surface area contributed by atoms with Gasteiger partial charge in [0.25, 0.3) is 11.6 Å². The summed E-state index contributed by atoms with van der Waals surface area (Å²) in [6, 6.07) is 32.8. The van der Waals surface area contributed by atoms with Gasteiger partial charge in [0.1, 0.15) is 11.5 Å². The summed E-state index contributed by atoms with van der Waals surface area (Å²) in [4.78, 5) is 46.9. The standard InChI is InChI=1S/C29H21N3O5/c33-27-26-29(21-13-6-2-7-14-21,28(34)30(27)23-17-10-18-24(19-23)32(35)36)25(20-11-4-1-5-12-20)31(37-26)22-15-8-3-9-16-22/h1-19,25-26H/t25-,26-,29+/m0/s1. The number of hydroxylamine groups is 1. The lowest BCUT2D eigenvalue weighted by Gasteiger charge is -2.35. The molecule has 2 fully saturated rings. The zero-order valence-corrected chi connectivity index (χ0v) is 19.5. The lowest BCUT2D eigenvalue weighted by Crippen LogP contribution is -2.46. The van der Waals surface area contributed by atoms with Crippen molar-refractivity contribution in [2.45, 2.75) is 17.6 Å². The molecular weight excluding hydrogens is 470 g/mol. The van der Waals surface area contributed by atoms with E-state index in [0.29, 0.717) is 11.3 Å². The van der Waals surface area contributed by atoms with E-state index in [1.54, 1.807) is 5.06 Å². The van der Waals surface area contributed by atoms with E-state index in [1.165, 1.54) is 24.3 Å². The van der Waals surface area contributed by atoms with Gasteiger partial charge in [-0.1, -0.05) is 84.9 Å². The number of benzene rings is 4. The van der Waals surface area contributed by atoms with Crippen LogP contribution in [-0.4, -0.2) is 22.8 Å². The van der Waals surface area contributed by atoms with E-state index >= 15 is 0 Å². The van der Waals surface area contributed by atoms with Crippen molar-refractivity contribution in [1.82, 2.24) is 0 Å². The maximum absolute atomic E-state index is 14.6. The fourth-order valence-electron chi connectivity index (χ4n) is 5.41. The number of nitro groups is 1. The van der Waals surface area contributed by atoms with Crippen molar-refractivity contribution >= 4 is 28.9 Å². The highest BCUT2D eigenvalue weighted by molar-refractivity contribution is 6.28. The highest BCUT2D eigenvalue weighted by Gasteiger charge is 2.72. The molecule has 2 amide bonds. The van der Waals surface area contributed by atoms with Gasteiger partial charge < -0.3 is 0 Å². The molecule has 2 saturated heterocycles. The average molecular weight is 492 g/mol. The Morgan fingerprint density at radius 3 is 2.00 bits per heavy atom. The summed E-state index contributed by atoms with van der Waals surface area (Å²) in [5, 5.41) is 13.1. The summed E-state index contributed by atoms with van der Waals surface area (Å²) in [7, 11) is 0. The highest BCUT2D eigenvalue weighted by Crippen LogP contribution is 2.57. The number of rotatable bonds is 5. The van der Waals surface area contributed by atoms with E-state index in [4.69, 9.17) is 4.84 Å². The third kappa shape index (κ3) is 3.34. The SMILES string of the molecule is O=C1[C@@H]2ON(c3ccccc3)[C@@H](c3ccccc3)[C@@]2(c2ccccc2)C(=O)N1c1cccc([N+](=O)[O-])c1. The predicted octanol–water partition coefficient (Wildman–Crippen LogP) is 4.97. The van der Waals surface area contributed by atoms with Gasteiger partial charge in [-0.25, -0.2) is 9.96 Å². The van der Waals surface area contributed by atoms with Crippen molar-refractivity contribution in [3.63, 3.8) is 0 Å². The largest absolute Gasteiger partial charge is 0.273 e. The van der Waals surface area contributed by atoms with Crippen LogP contribution < -0.4 is 9.96 Å². The second kappa shape index (κ2) is 8.69. The molecule has 0 spiro atoms. The maximum atomic E-state index is 14.6. The first kappa shape index (κ1) is 22.6. The number of para-hydroxylation sites is 1. The molecule has 0 saturated carbocycles. The van der Waals surface area contributed by atoms with Crippen LogP contribution in [0.5, 0.6) is 0 Å². The number of carbonyl (C=O) groups is 2. The minimum atomic E-state index is -1.44. The number of anilines is 2. The van der Waals surface area contributed by atoms with Crippen LogP contribution in [0.1, 0.15) is 17.2 Å². The average Bonchev–Trinajstić information content (AvgIpc) is 3.41. The van der Waals surface area contributed by atoms with Gasteiger partial charge in [-0.15, -0.1) is 0 Å². The molecule has 2 aliphatic rings. The summed E-state index contributed by atoms with van der Waals surface area (Å²) in [6.07, 6.45) is -1.19. The van der Waals surface area contributed by atoms with Gasteiger partial charge in [0.05, 0.1) is 16.3 Å². The van der Waals surface area contributed by atoms with Crippen LogP contribution in [-0.2, 0) is 19.8 Å². The van der Waals surface area contributed by atoms with E-state index < -0.39 is 34.3 Å². The van der Waals surface area contributed by atoms with Crippen LogP contribution in [0.2, 0.25) is 0 Å². The number of amides is 2. The first-order valence-electron chi connectivity index (χ1n) is 11.8. The quantitative estimate of drug-likeness (QED) is 0.222. The van der Waals surface area contributed by atoms with Gasteiger partial charge in [-0.3, -0.25) is 24.5 Å². The van der Waals surface area contributed by atoms with Crippen molar-refractivity contribution in [2.75, 3.05) is 9.96 Å². The van der Waals surface area contributed by atoms with Gasteiger partial charge in [0.15, 0.2) is 6.10 Å². The first-order chi connectivity index (χ1) is 18.0.